The van der Waals surface area contributed by atoms with E-state index in [2.05, 4.69) is 0 Å². The highest BCUT2D eigenvalue weighted by Gasteiger charge is 2.74. The van der Waals surface area contributed by atoms with Gasteiger partial charge in [-0.15, -0.1) is 0 Å². The van der Waals surface area contributed by atoms with Crippen LogP contribution in [-0.2, 0) is 0 Å². The first-order valence-corrected chi connectivity index (χ1v) is 6.05. The van der Waals surface area contributed by atoms with Crippen LogP contribution in [0.4, 0.5) is 30.7 Å². The lowest BCUT2D eigenvalue weighted by atomic mass is 9.89. The van der Waals surface area contributed by atoms with Crippen LogP contribution in [0.2, 0.25) is 0 Å². The zero-order valence-electron chi connectivity index (χ0n) is 9.76. The predicted octanol–water partition coefficient (Wildman–Crippen LogP) is 5.08. The third-order valence-corrected chi connectivity index (χ3v) is 3.35. The van der Waals surface area contributed by atoms with Crippen molar-refractivity contribution in [2.45, 2.75) is 38.3 Å². The Kier molecular flexibility index (Phi) is 5.68. The molecule has 1 atom stereocenters. The molecule has 0 bridgehead atoms. The van der Waals surface area contributed by atoms with Gasteiger partial charge in [-0.05, 0) is 34.9 Å². The van der Waals surface area contributed by atoms with Gasteiger partial charge in [-0.1, -0.05) is 13.8 Å². The number of nitriles is 1. The van der Waals surface area contributed by atoms with Crippen molar-refractivity contribution in [3.05, 3.63) is 9.15 Å². The van der Waals surface area contributed by atoms with Crippen LogP contribution in [0.15, 0.2) is 9.15 Å². The Morgan fingerprint density at radius 2 is 1.58 bits per heavy atom. The Morgan fingerprint density at radius 1 is 1.16 bits per heavy atom. The molecule has 1 nitrogen and oxygen atoms in total. The van der Waals surface area contributed by atoms with E-state index in [1.54, 1.807) is 0 Å². The van der Waals surface area contributed by atoms with Gasteiger partial charge < -0.3 is 0 Å². The van der Waals surface area contributed by atoms with Gasteiger partial charge in [0.25, 0.3) is 0 Å². The van der Waals surface area contributed by atoms with Crippen molar-refractivity contribution >= 4 is 22.6 Å². The Hall–Kier alpha value is -0.530. The van der Waals surface area contributed by atoms with E-state index >= 15 is 0 Å². The lowest BCUT2D eigenvalue weighted by molar-refractivity contribution is -0.345. The van der Waals surface area contributed by atoms with Crippen LogP contribution in [0.1, 0.15) is 20.3 Å². The molecule has 0 fully saturated rings. The minimum absolute atomic E-state index is 0.104. The van der Waals surface area contributed by atoms with Gasteiger partial charge in [0, 0.05) is 5.57 Å². The molecule has 110 valence electrons. The molecule has 0 aromatic heterocycles. The maximum atomic E-state index is 13.6. The molecule has 0 saturated carbocycles. The molecule has 1 unspecified atom stereocenters. The smallest absolute Gasteiger partial charge is 0.194 e. The highest BCUT2D eigenvalue weighted by Crippen LogP contribution is 2.52. The Labute approximate surface area is 118 Å². The molecule has 0 amide bonds. The van der Waals surface area contributed by atoms with Crippen LogP contribution < -0.4 is 0 Å². The molecule has 9 heteroatoms. The molecule has 0 aliphatic rings. The average molecular weight is 403 g/mol. The number of rotatable bonds is 4. The average Bonchev–Trinajstić information content (AvgIpc) is 2.26. The second-order valence-electron chi connectivity index (χ2n) is 3.80. The van der Waals surface area contributed by atoms with E-state index < -0.39 is 33.1 Å². The minimum atomic E-state index is -6.40. The van der Waals surface area contributed by atoms with Crippen molar-refractivity contribution in [1.29, 1.82) is 5.26 Å². The van der Waals surface area contributed by atoms with Crippen LogP contribution in [0, 0.1) is 17.2 Å². The zero-order chi connectivity index (χ0) is 15.6. The highest BCUT2D eigenvalue weighted by molar-refractivity contribution is 14.1. The molecule has 0 radical (unpaired) electrons. The van der Waals surface area contributed by atoms with E-state index in [-0.39, 0.29) is 6.42 Å². The summed E-state index contributed by atoms with van der Waals surface area (Å²) in [5, 5.41) is 8.51. The number of alkyl halides is 7. The van der Waals surface area contributed by atoms with Gasteiger partial charge in [-0.3, -0.25) is 0 Å². The summed E-state index contributed by atoms with van der Waals surface area (Å²) in [5.41, 5.74) is -1.49. The van der Waals surface area contributed by atoms with Crippen LogP contribution in [-0.4, -0.2) is 18.0 Å². The van der Waals surface area contributed by atoms with Crippen molar-refractivity contribution < 1.29 is 30.7 Å². The minimum Gasteiger partial charge on any atom is -0.194 e. The standard InChI is InChI=1S/C10H9F7IN/c1-3-5(2)7(6(18)4-19)8(11,12)9(13,14)10(15,16)17/h5H,3H2,1-2H3/b7-6-. The van der Waals surface area contributed by atoms with E-state index in [0.717, 1.165) is 29.5 Å². The van der Waals surface area contributed by atoms with Crippen molar-refractivity contribution in [3.8, 4) is 6.07 Å². The number of hydrogen-bond acceptors (Lipinski definition) is 1. The first-order valence-electron chi connectivity index (χ1n) is 4.97. The first-order chi connectivity index (χ1) is 8.34. The molecule has 0 saturated heterocycles. The maximum Gasteiger partial charge on any atom is 0.460 e. The lowest BCUT2D eigenvalue weighted by Gasteiger charge is -2.32. The zero-order valence-corrected chi connectivity index (χ0v) is 11.9. The number of allylic oxidation sites excluding steroid dienone is 2. The SMILES string of the molecule is CCC(C)/C(=C(/I)C#N)C(F)(F)C(F)(F)C(F)(F)F. The Morgan fingerprint density at radius 3 is 1.84 bits per heavy atom. The third kappa shape index (κ3) is 3.32. The summed E-state index contributed by atoms with van der Waals surface area (Å²) < 4.78 is 88.4. The van der Waals surface area contributed by atoms with E-state index in [0.29, 0.717) is 0 Å². The molecule has 0 aliphatic carbocycles. The maximum absolute atomic E-state index is 13.6. The van der Waals surface area contributed by atoms with Crippen LogP contribution in [0.3, 0.4) is 0 Å². The van der Waals surface area contributed by atoms with Crippen molar-refractivity contribution in [3.63, 3.8) is 0 Å². The van der Waals surface area contributed by atoms with E-state index in [4.69, 9.17) is 5.26 Å². The van der Waals surface area contributed by atoms with Gasteiger partial charge in [0.05, 0.1) is 3.58 Å². The monoisotopic (exact) mass is 403 g/mol. The summed E-state index contributed by atoms with van der Waals surface area (Å²) in [4.78, 5) is 0. The van der Waals surface area contributed by atoms with Gasteiger partial charge in [0.1, 0.15) is 6.07 Å². The molecule has 0 rings (SSSR count). The fraction of sp³-hybridized carbons (Fsp3) is 0.700. The summed E-state index contributed by atoms with van der Waals surface area (Å²) in [6.45, 7) is 2.40. The third-order valence-electron chi connectivity index (χ3n) is 2.53. The predicted molar refractivity (Wildman–Crippen MR) is 62.1 cm³/mol. The summed E-state index contributed by atoms with van der Waals surface area (Å²) in [6, 6.07) is 1.20. The van der Waals surface area contributed by atoms with Gasteiger partial charge in [-0.25, -0.2) is 0 Å². The van der Waals surface area contributed by atoms with Crippen LogP contribution >= 0.6 is 22.6 Å². The molecular formula is C10H9F7IN. The largest absolute Gasteiger partial charge is 0.460 e. The molecule has 19 heavy (non-hydrogen) atoms. The molecule has 0 N–H and O–H groups in total. The van der Waals surface area contributed by atoms with Gasteiger partial charge >= 0.3 is 18.0 Å². The van der Waals surface area contributed by atoms with Gasteiger partial charge in [0.15, 0.2) is 0 Å². The van der Waals surface area contributed by atoms with Crippen LogP contribution in [0.5, 0.6) is 0 Å². The Balaban J connectivity index is 6.06. The van der Waals surface area contributed by atoms with Crippen LogP contribution in [0.25, 0.3) is 0 Å². The van der Waals surface area contributed by atoms with Gasteiger partial charge in [-0.2, -0.15) is 36.0 Å². The number of halogens is 8. The fourth-order valence-electron chi connectivity index (χ4n) is 1.28. The molecule has 0 aromatic rings. The number of nitrogens with zero attached hydrogens (tertiary/aromatic N) is 1. The summed E-state index contributed by atoms with van der Waals surface area (Å²) in [5.74, 6) is -13.0. The van der Waals surface area contributed by atoms with E-state index in [9.17, 15) is 30.7 Å². The summed E-state index contributed by atoms with van der Waals surface area (Å²) >= 11 is 1.04. The molecule has 0 spiro atoms. The topological polar surface area (TPSA) is 23.8 Å². The van der Waals surface area contributed by atoms with E-state index in [1.807, 2.05) is 0 Å². The first kappa shape index (κ1) is 18.5. The normalized spacial score (nSPS) is 16.7. The molecule has 0 heterocycles. The van der Waals surface area contributed by atoms with E-state index in [1.165, 1.54) is 13.0 Å². The molecule has 0 aromatic carbocycles. The summed E-state index contributed by atoms with van der Waals surface area (Å²) in [6.07, 6.45) is -6.51. The summed E-state index contributed by atoms with van der Waals surface area (Å²) in [7, 11) is 0. The van der Waals surface area contributed by atoms with Crippen molar-refractivity contribution in [2.24, 2.45) is 5.92 Å². The van der Waals surface area contributed by atoms with Crippen molar-refractivity contribution in [2.75, 3.05) is 0 Å². The highest BCUT2D eigenvalue weighted by atomic mass is 127. The quantitative estimate of drug-likeness (QED) is 0.365. The number of hydrogen-bond donors (Lipinski definition) is 0. The lowest BCUT2D eigenvalue weighted by Crippen LogP contribution is -2.53. The van der Waals surface area contributed by atoms with Crippen molar-refractivity contribution in [1.82, 2.24) is 0 Å². The molecule has 0 aliphatic heterocycles. The Bertz CT molecular complexity index is 405. The van der Waals surface area contributed by atoms with Gasteiger partial charge in [0.2, 0.25) is 0 Å². The molecular weight excluding hydrogens is 394 g/mol. The second kappa shape index (κ2) is 5.85. The fourth-order valence-corrected chi connectivity index (χ4v) is 2.15. The second-order valence-corrected chi connectivity index (χ2v) is 4.87.